The summed E-state index contributed by atoms with van der Waals surface area (Å²) in [5, 5.41) is 0. The van der Waals surface area contributed by atoms with Gasteiger partial charge >= 0.3 is 0 Å². The fraction of sp³-hybridized carbons (Fsp3) is 0.600. The van der Waals surface area contributed by atoms with Gasteiger partial charge in [0.1, 0.15) is 7.05 Å². The van der Waals surface area contributed by atoms with Crippen LogP contribution in [0.5, 0.6) is 0 Å². The van der Waals surface area contributed by atoms with Gasteiger partial charge in [0.25, 0.3) is 0 Å². The lowest BCUT2D eigenvalue weighted by molar-refractivity contribution is -0.671. The minimum absolute atomic E-state index is 0.0603. The summed E-state index contributed by atoms with van der Waals surface area (Å²) in [6, 6.07) is 9.16. The second-order valence-electron chi connectivity index (χ2n) is 9.31. The summed E-state index contributed by atoms with van der Waals surface area (Å²) in [7, 11) is 1.95. The molecular weight excluding hydrogens is 390 g/mol. The predicted molar refractivity (Wildman–Crippen MR) is 133 cm³/mol. The van der Waals surface area contributed by atoms with Crippen LogP contribution in [-0.4, -0.2) is 27.6 Å². The van der Waals surface area contributed by atoms with E-state index in [-0.39, 0.29) is 15.8 Å². The topological polar surface area (TPSA) is 16.8 Å². The highest BCUT2D eigenvalue weighted by Crippen LogP contribution is 2.50. The molecular formula is C25H41N2P2+. The third kappa shape index (κ3) is 7.11. The third-order valence-electron chi connectivity index (χ3n) is 5.59. The zero-order chi connectivity index (χ0) is 21.7. The number of hydrogen-bond donors (Lipinski definition) is 0. The Kier molecular flexibility index (Phi) is 9.24. The van der Waals surface area contributed by atoms with Crippen molar-refractivity contribution in [1.82, 2.24) is 4.98 Å². The second kappa shape index (κ2) is 11.0. The van der Waals surface area contributed by atoms with Crippen LogP contribution in [0, 0.1) is 0 Å². The maximum atomic E-state index is 5.21. The standard InChI is InChI=1S/C25H41N2P2/c1-18(2)28(19(3)4)16-24-14-23(22-10-12-27(9)13-11-22)15-25(26-24)17-29(20(5)6)21(7)8/h10-15,18-21H,16-17H2,1-9H3/q+1. The summed E-state index contributed by atoms with van der Waals surface area (Å²) in [6.45, 7) is 19.0. The fourth-order valence-electron chi connectivity index (χ4n) is 3.97. The molecule has 0 amide bonds. The predicted octanol–water partition coefficient (Wildman–Crippen LogP) is 7.17. The van der Waals surface area contributed by atoms with Crippen molar-refractivity contribution in [2.24, 2.45) is 7.05 Å². The van der Waals surface area contributed by atoms with Gasteiger partial charge in [-0.2, -0.15) is 0 Å². The number of nitrogens with zero attached hydrogens (tertiary/aromatic N) is 2. The SMILES string of the molecule is CC(C)P(Cc1cc(-c2cc[n+](C)cc2)cc(CP(C(C)C)C(C)C)n1)C(C)C. The highest BCUT2D eigenvalue weighted by Gasteiger charge is 2.21. The van der Waals surface area contributed by atoms with E-state index in [0.717, 1.165) is 35.0 Å². The van der Waals surface area contributed by atoms with Crippen LogP contribution in [0.2, 0.25) is 0 Å². The summed E-state index contributed by atoms with van der Waals surface area (Å²) in [4.78, 5) is 5.21. The molecule has 2 rings (SSSR count). The van der Waals surface area contributed by atoms with Crippen molar-refractivity contribution in [1.29, 1.82) is 0 Å². The van der Waals surface area contributed by atoms with E-state index in [1.165, 1.54) is 22.5 Å². The van der Waals surface area contributed by atoms with E-state index in [2.05, 4.69) is 104 Å². The molecule has 0 aromatic carbocycles. The van der Waals surface area contributed by atoms with Crippen molar-refractivity contribution in [3.05, 3.63) is 48.0 Å². The van der Waals surface area contributed by atoms with Crippen LogP contribution in [0.3, 0.4) is 0 Å². The molecule has 160 valence electrons. The Morgan fingerprint density at radius 2 is 1.07 bits per heavy atom. The van der Waals surface area contributed by atoms with Crippen LogP contribution in [0.1, 0.15) is 66.8 Å². The smallest absolute Gasteiger partial charge is 0.169 e. The molecule has 0 saturated heterocycles. The van der Waals surface area contributed by atoms with Crippen molar-refractivity contribution in [2.75, 3.05) is 0 Å². The van der Waals surface area contributed by atoms with Gasteiger partial charge in [-0.25, -0.2) is 4.57 Å². The summed E-state index contributed by atoms with van der Waals surface area (Å²) in [6.07, 6.45) is 6.54. The lowest BCUT2D eigenvalue weighted by atomic mass is 10.1. The Hall–Kier alpha value is -0.840. The third-order valence-corrected chi connectivity index (χ3v) is 12.3. The summed E-state index contributed by atoms with van der Waals surface area (Å²) < 4.78 is 2.10. The van der Waals surface area contributed by atoms with Crippen molar-refractivity contribution in [3.8, 4) is 11.1 Å². The molecule has 0 N–H and O–H groups in total. The molecule has 2 nitrogen and oxygen atoms in total. The average Bonchev–Trinajstić information content (AvgIpc) is 2.63. The van der Waals surface area contributed by atoms with E-state index in [1.807, 2.05) is 0 Å². The Morgan fingerprint density at radius 3 is 1.41 bits per heavy atom. The van der Waals surface area contributed by atoms with Crippen LogP contribution < -0.4 is 4.57 Å². The van der Waals surface area contributed by atoms with Gasteiger partial charge in [-0.05, 0) is 45.9 Å². The average molecular weight is 432 g/mol. The lowest BCUT2D eigenvalue weighted by Gasteiger charge is -2.27. The summed E-state index contributed by atoms with van der Waals surface area (Å²) in [5.41, 5.74) is 8.15. The van der Waals surface area contributed by atoms with E-state index < -0.39 is 0 Å². The largest absolute Gasteiger partial charge is 0.257 e. The maximum Gasteiger partial charge on any atom is 0.169 e. The quantitative estimate of drug-likeness (QED) is 0.304. The second-order valence-corrected chi connectivity index (χ2v) is 16.1. The first-order valence-corrected chi connectivity index (χ1v) is 14.4. The molecule has 0 bridgehead atoms. The van der Waals surface area contributed by atoms with Crippen LogP contribution in [-0.2, 0) is 19.4 Å². The summed E-state index contributed by atoms with van der Waals surface area (Å²) in [5.74, 6) is 0. The Morgan fingerprint density at radius 1 is 0.690 bits per heavy atom. The van der Waals surface area contributed by atoms with Crippen LogP contribution in [0.4, 0.5) is 0 Å². The Balaban J connectivity index is 2.46. The van der Waals surface area contributed by atoms with Crippen LogP contribution in [0.15, 0.2) is 36.7 Å². The van der Waals surface area contributed by atoms with Gasteiger partial charge in [0.2, 0.25) is 0 Å². The Bertz CT molecular complexity index is 711. The normalized spacial score (nSPS) is 12.4. The minimum Gasteiger partial charge on any atom is -0.257 e. The van der Waals surface area contributed by atoms with Crippen molar-refractivity contribution >= 4 is 15.8 Å². The molecule has 4 heteroatoms. The van der Waals surface area contributed by atoms with E-state index >= 15 is 0 Å². The summed E-state index contributed by atoms with van der Waals surface area (Å²) >= 11 is 0. The molecule has 0 fully saturated rings. The number of hydrogen-bond acceptors (Lipinski definition) is 1. The highest BCUT2D eigenvalue weighted by atomic mass is 31.1. The molecule has 0 aliphatic rings. The zero-order valence-corrected chi connectivity index (χ0v) is 21.8. The van der Waals surface area contributed by atoms with Gasteiger partial charge in [-0.1, -0.05) is 71.2 Å². The first-order chi connectivity index (χ1) is 13.6. The Labute approximate surface area is 182 Å². The van der Waals surface area contributed by atoms with E-state index in [0.29, 0.717) is 0 Å². The van der Waals surface area contributed by atoms with Crippen molar-refractivity contribution in [2.45, 2.75) is 90.3 Å². The van der Waals surface area contributed by atoms with Gasteiger partial charge in [0.05, 0.1) is 0 Å². The zero-order valence-electron chi connectivity index (χ0n) is 20.0. The molecule has 0 atom stereocenters. The first kappa shape index (κ1) is 24.4. The van der Waals surface area contributed by atoms with E-state index in [1.54, 1.807) is 0 Å². The van der Waals surface area contributed by atoms with Gasteiger partial charge in [-0.15, -0.1) is 0 Å². The highest BCUT2D eigenvalue weighted by molar-refractivity contribution is 7.58. The van der Waals surface area contributed by atoms with E-state index in [4.69, 9.17) is 4.98 Å². The van der Waals surface area contributed by atoms with Gasteiger partial charge in [0.15, 0.2) is 12.4 Å². The van der Waals surface area contributed by atoms with Crippen LogP contribution >= 0.6 is 15.8 Å². The van der Waals surface area contributed by atoms with Crippen LogP contribution in [0.25, 0.3) is 11.1 Å². The van der Waals surface area contributed by atoms with E-state index in [9.17, 15) is 0 Å². The number of pyridine rings is 2. The molecule has 0 radical (unpaired) electrons. The number of aryl methyl sites for hydroxylation is 1. The molecule has 0 aliphatic heterocycles. The molecule has 2 heterocycles. The minimum atomic E-state index is -0.0603. The molecule has 0 saturated carbocycles. The van der Waals surface area contributed by atoms with Gasteiger partial charge in [0, 0.05) is 35.8 Å². The van der Waals surface area contributed by atoms with Gasteiger partial charge < -0.3 is 0 Å². The van der Waals surface area contributed by atoms with Crippen molar-refractivity contribution in [3.63, 3.8) is 0 Å². The monoisotopic (exact) mass is 431 g/mol. The van der Waals surface area contributed by atoms with Crippen molar-refractivity contribution < 1.29 is 4.57 Å². The first-order valence-electron chi connectivity index (χ1n) is 11.1. The van der Waals surface area contributed by atoms with Gasteiger partial charge in [-0.3, -0.25) is 4.98 Å². The fourth-order valence-corrected chi connectivity index (χ4v) is 8.89. The lowest BCUT2D eigenvalue weighted by Crippen LogP contribution is -2.25. The molecule has 0 unspecified atom stereocenters. The number of aromatic nitrogens is 2. The number of rotatable bonds is 9. The molecule has 2 aromatic rings. The maximum absolute atomic E-state index is 5.21. The molecule has 0 spiro atoms. The molecule has 0 aliphatic carbocycles. The molecule has 2 aromatic heterocycles. The molecule has 29 heavy (non-hydrogen) atoms.